The molecule has 2 aromatic carbocycles. The molecule has 0 aliphatic carbocycles. The molecule has 0 bridgehead atoms. The van der Waals surface area contributed by atoms with Crippen LogP contribution in [-0.2, 0) is 0 Å². The first-order chi connectivity index (χ1) is 10.0. The van der Waals surface area contributed by atoms with Crippen LogP contribution in [0.3, 0.4) is 0 Å². The molecule has 7 heteroatoms. The van der Waals surface area contributed by atoms with Gasteiger partial charge in [-0.05, 0) is 30.3 Å². The zero-order valence-corrected chi connectivity index (χ0v) is 10.5. The molecule has 0 aliphatic rings. The van der Waals surface area contributed by atoms with Gasteiger partial charge in [-0.3, -0.25) is 10.1 Å². The van der Waals surface area contributed by atoms with Gasteiger partial charge in [0.1, 0.15) is 5.52 Å². The van der Waals surface area contributed by atoms with Crippen LogP contribution in [0.1, 0.15) is 10.4 Å². The Bertz CT molecular complexity index is 851. The number of hydrogen-bond acceptors (Lipinski definition) is 5. The lowest BCUT2D eigenvalue weighted by atomic mass is 10.1. The highest BCUT2D eigenvalue weighted by molar-refractivity contribution is 5.88. The van der Waals surface area contributed by atoms with E-state index in [1.165, 1.54) is 30.3 Å². The summed E-state index contributed by atoms with van der Waals surface area (Å²) in [6.45, 7) is 0. The lowest BCUT2D eigenvalue weighted by Gasteiger charge is -1.96. The minimum absolute atomic E-state index is 0.0774. The number of hydrogen-bond donors (Lipinski definition) is 1. The third kappa shape index (κ3) is 2.32. The van der Waals surface area contributed by atoms with E-state index in [1.807, 2.05) is 0 Å². The summed E-state index contributed by atoms with van der Waals surface area (Å²) in [7, 11) is 0. The van der Waals surface area contributed by atoms with Gasteiger partial charge in [-0.2, -0.15) is 0 Å². The van der Waals surface area contributed by atoms with Gasteiger partial charge in [-0.25, -0.2) is 9.78 Å². The van der Waals surface area contributed by atoms with Crippen LogP contribution < -0.4 is 0 Å². The number of carboxylic acid groups (broad SMARTS) is 1. The predicted octanol–water partition coefficient (Wildman–Crippen LogP) is 3.10. The Kier molecular flexibility index (Phi) is 2.87. The molecule has 1 aromatic heterocycles. The largest absolute Gasteiger partial charge is 0.478 e. The molecule has 0 saturated carbocycles. The summed E-state index contributed by atoms with van der Waals surface area (Å²) in [6, 6.07) is 10.2. The average Bonchev–Trinajstić information content (AvgIpc) is 2.90. The van der Waals surface area contributed by atoms with E-state index in [-0.39, 0.29) is 17.1 Å². The van der Waals surface area contributed by atoms with Crippen LogP contribution >= 0.6 is 0 Å². The minimum atomic E-state index is -1.02. The fraction of sp³-hybridized carbons (Fsp3) is 0. The molecule has 0 amide bonds. The summed E-state index contributed by atoms with van der Waals surface area (Å²) in [5.74, 6) is -0.739. The van der Waals surface area contributed by atoms with Gasteiger partial charge < -0.3 is 9.52 Å². The summed E-state index contributed by atoms with van der Waals surface area (Å²) in [5, 5.41) is 19.6. The van der Waals surface area contributed by atoms with Gasteiger partial charge in [0, 0.05) is 11.6 Å². The number of nitro groups is 1. The second kappa shape index (κ2) is 4.71. The van der Waals surface area contributed by atoms with Crippen LogP contribution in [-0.4, -0.2) is 21.0 Å². The zero-order valence-electron chi connectivity index (χ0n) is 10.5. The maximum atomic E-state index is 10.8. The number of rotatable bonds is 3. The number of aromatic nitrogens is 1. The lowest BCUT2D eigenvalue weighted by molar-refractivity contribution is -0.384. The molecule has 3 rings (SSSR count). The van der Waals surface area contributed by atoms with Gasteiger partial charge in [0.25, 0.3) is 5.69 Å². The zero-order chi connectivity index (χ0) is 15.0. The van der Waals surface area contributed by atoms with E-state index in [9.17, 15) is 14.9 Å². The molecule has 21 heavy (non-hydrogen) atoms. The highest BCUT2D eigenvalue weighted by Gasteiger charge is 2.13. The smallest absolute Gasteiger partial charge is 0.335 e. The Balaban J connectivity index is 2.04. The van der Waals surface area contributed by atoms with E-state index in [0.717, 1.165) is 0 Å². The van der Waals surface area contributed by atoms with E-state index < -0.39 is 10.9 Å². The number of nitrogens with zero attached hydrogens (tertiary/aromatic N) is 2. The van der Waals surface area contributed by atoms with Crippen molar-refractivity contribution < 1.29 is 19.2 Å². The highest BCUT2D eigenvalue weighted by Crippen LogP contribution is 2.27. The second-order valence-corrected chi connectivity index (χ2v) is 4.31. The third-order valence-corrected chi connectivity index (χ3v) is 2.96. The number of aromatic carboxylic acids is 1. The summed E-state index contributed by atoms with van der Waals surface area (Å²) in [5.41, 5.74) is 1.48. The quantitative estimate of drug-likeness (QED) is 0.585. The van der Waals surface area contributed by atoms with Crippen LogP contribution in [0.15, 0.2) is 46.9 Å². The molecular formula is C14H8N2O5. The normalized spacial score (nSPS) is 10.7. The van der Waals surface area contributed by atoms with Crippen molar-refractivity contribution in [2.45, 2.75) is 0 Å². The van der Waals surface area contributed by atoms with Gasteiger partial charge >= 0.3 is 5.97 Å². The van der Waals surface area contributed by atoms with Crippen molar-refractivity contribution in [3.63, 3.8) is 0 Å². The number of nitro benzene ring substituents is 1. The van der Waals surface area contributed by atoms with Gasteiger partial charge in [0.15, 0.2) is 5.58 Å². The van der Waals surface area contributed by atoms with Crippen molar-refractivity contribution in [3.05, 3.63) is 58.1 Å². The minimum Gasteiger partial charge on any atom is -0.478 e. The van der Waals surface area contributed by atoms with Crippen LogP contribution in [0, 0.1) is 10.1 Å². The molecule has 1 N–H and O–H groups in total. The third-order valence-electron chi connectivity index (χ3n) is 2.96. The number of carbonyl (C=O) groups is 1. The van der Waals surface area contributed by atoms with E-state index in [2.05, 4.69) is 4.98 Å². The van der Waals surface area contributed by atoms with Gasteiger partial charge in [0.2, 0.25) is 5.89 Å². The molecule has 0 radical (unpaired) electrons. The molecule has 3 aromatic rings. The van der Waals surface area contributed by atoms with Crippen LogP contribution in [0.2, 0.25) is 0 Å². The summed E-state index contributed by atoms with van der Waals surface area (Å²) < 4.78 is 5.48. The standard InChI is InChI=1S/C14H8N2O5/c17-14(18)9-3-1-8(2-4-9)13-15-11-6-5-10(16(19)20)7-12(11)21-13/h1-7H,(H,17,18). The number of non-ortho nitro benzene ring substituents is 1. The average molecular weight is 284 g/mol. The van der Waals surface area contributed by atoms with E-state index in [0.29, 0.717) is 16.7 Å². The molecule has 104 valence electrons. The highest BCUT2D eigenvalue weighted by atomic mass is 16.6. The maximum absolute atomic E-state index is 10.8. The second-order valence-electron chi connectivity index (χ2n) is 4.31. The van der Waals surface area contributed by atoms with Crippen molar-refractivity contribution in [1.82, 2.24) is 4.98 Å². The molecular weight excluding hydrogens is 276 g/mol. The predicted molar refractivity (Wildman–Crippen MR) is 73.1 cm³/mol. The molecule has 1 heterocycles. The monoisotopic (exact) mass is 284 g/mol. The van der Waals surface area contributed by atoms with Crippen LogP contribution in [0.25, 0.3) is 22.6 Å². The first kappa shape index (κ1) is 12.8. The Labute approximate surface area is 117 Å². The summed E-state index contributed by atoms with van der Waals surface area (Å²) in [4.78, 5) is 25.2. The van der Waals surface area contributed by atoms with Gasteiger partial charge in [-0.15, -0.1) is 0 Å². The van der Waals surface area contributed by atoms with Gasteiger partial charge in [-0.1, -0.05) is 0 Å². The fourth-order valence-electron chi connectivity index (χ4n) is 1.91. The fourth-order valence-corrected chi connectivity index (χ4v) is 1.91. The summed E-state index contributed by atoms with van der Waals surface area (Å²) in [6.07, 6.45) is 0. The van der Waals surface area contributed by atoms with Crippen LogP contribution in [0.4, 0.5) is 5.69 Å². The number of fused-ring (bicyclic) bond motifs is 1. The Hall–Kier alpha value is -3.22. The Morgan fingerprint density at radius 1 is 1.19 bits per heavy atom. The van der Waals surface area contributed by atoms with Crippen LogP contribution in [0.5, 0.6) is 0 Å². The first-order valence-electron chi connectivity index (χ1n) is 5.93. The number of oxazole rings is 1. The van der Waals surface area contributed by atoms with E-state index >= 15 is 0 Å². The topological polar surface area (TPSA) is 106 Å². The molecule has 0 aliphatic heterocycles. The number of carboxylic acids is 1. The first-order valence-corrected chi connectivity index (χ1v) is 5.93. The molecule has 7 nitrogen and oxygen atoms in total. The Morgan fingerprint density at radius 2 is 1.90 bits per heavy atom. The SMILES string of the molecule is O=C(O)c1ccc(-c2nc3ccc([N+](=O)[O-])cc3o2)cc1. The van der Waals surface area contributed by atoms with Gasteiger partial charge in [0.05, 0.1) is 16.6 Å². The maximum Gasteiger partial charge on any atom is 0.335 e. The van der Waals surface area contributed by atoms with Crippen molar-refractivity contribution in [2.75, 3.05) is 0 Å². The van der Waals surface area contributed by atoms with Crippen molar-refractivity contribution in [3.8, 4) is 11.5 Å². The number of benzene rings is 2. The Morgan fingerprint density at radius 3 is 2.52 bits per heavy atom. The molecule has 0 fully saturated rings. The van der Waals surface area contributed by atoms with E-state index in [1.54, 1.807) is 12.1 Å². The summed E-state index contributed by atoms with van der Waals surface area (Å²) >= 11 is 0. The molecule has 0 atom stereocenters. The molecule has 0 unspecified atom stereocenters. The van der Waals surface area contributed by atoms with Crippen molar-refractivity contribution in [2.24, 2.45) is 0 Å². The lowest BCUT2D eigenvalue weighted by Crippen LogP contribution is -1.94. The van der Waals surface area contributed by atoms with Crippen molar-refractivity contribution in [1.29, 1.82) is 0 Å². The molecule has 0 saturated heterocycles. The van der Waals surface area contributed by atoms with E-state index in [4.69, 9.17) is 9.52 Å². The van der Waals surface area contributed by atoms with Crippen molar-refractivity contribution >= 4 is 22.8 Å². The molecule has 0 spiro atoms.